The summed E-state index contributed by atoms with van der Waals surface area (Å²) in [6.07, 6.45) is 3.94. The Kier molecular flexibility index (Phi) is 5.49. The second-order valence-corrected chi connectivity index (χ2v) is 5.61. The van der Waals surface area contributed by atoms with Crippen LogP contribution in [-0.4, -0.2) is 54.8 Å². The molecule has 5 heteroatoms. The van der Waals surface area contributed by atoms with Crippen LogP contribution in [0.5, 0.6) is 0 Å². The minimum atomic E-state index is -0.0137. The Bertz CT molecular complexity index is 453. The number of nitrogens with one attached hydrogen (secondary N) is 1. The lowest BCUT2D eigenvalue weighted by Crippen LogP contribution is -2.49. The largest absolute Gasteiger partial charge is 0.322 e. The Morgan fingerprint density at radius 1 is 1.30 bits per heavy atom. The van der Waals surface area contributed by atoms with Crippen LogP contribution in [0.2, 0.25) is 0 Å². The number of nitrogens with zero attached hydrogens (tertiary/aromatic N) is 2. The van der Waals surface area contributed by atoms with Gasteiger partial charge < -0.3 is 10.2 Å². The van der Waals surface area contributed by atoms with Crippen LogP contribution in [0.15, 0.2) is 41.8 Å². The van der Waals surface area contributed by atoms with Gasteiger partial charge in [-0.15, -0.1) is 18.3 Å². The molecule has 0 aliphatic carbocycles. The number of carbonyl (C=O) groups excluding carboxylic acids is 1. The van der Waals surface area contributed by atoms with Crippen molar-refractivity contribution in [1.82, 2.24) is 9.80 Å². The van der Waals surface area contributed by atoms with Crippen molar-refractivity contribution >= 4 is 23.5 Å². The fourth-order valence-corrected chi connectivity index (χ4v) is 2.60. The molecule has 0 bridgehead atoms. The number of benzene rings is 1. The van der Waals surface area contributed by atoms with Crippen LogP contribution in [0.1, 0.15) is 0 Å². The highest BCUT2D eigenvalue weighted by Gasteiger charge is 2.20. The van der Waals surface area contributed by atoms with E-state index in [1.54, 1.807) is 11.8 Å². The zero-order valence-corrected chi connectivity index (χ0v) is 12.7. The molecule has 1 aliphatic rings. The van der Waals surface area contributed by atoms with Crippen LogP contribution in [-0.2, 0) is 0 Å². The second kappa shape index (κ2) is 7.36. The predicted octanol–water partition coefficient (Wildman–Crippen LogP) is 2.74. The molecule has 4 nitrogen and oxygen atoms in total. The number of hydrogen-bond acceptors (Lipinski definition) is 3. The summed E-state index contributed by atoms with van der Waals surface area (Å²) in [4.78, 5) is 17.5. The smallest absolute Gasteiger partial charge is 0.321 e. The van der Waals surface area contributed by atoms with Gasteiger partial charge in [0, 0.05) is 43.3 Å². The highest BCUT2D eigenvalue weighted by atomic mass is 32.2. The highest BCUT2D eigenvalue weighted by Crippen LogP contribution is 2.17. The number of amides is 2. The van der Waals surface area contributed by atoms with Crippen LogP contribution in [0, 0.1) is 0 Å². The van der Waals surface area contributed by atoms with Crippen molar-refractivity contribution in [1.29, 1.82) is 0 Å². The Balaban J connectivity index is 1.84. The van der Waals surface area contributed by atoms with E-state index >= 15 is 0 Å². The fourth-order valence-electron chi connectivity index (χ4n) is 2.19. The topological polar surface area (TPSA) is 35.6 Å². The first kappa shape index (κ1) is 14.9. The maximum atomic E-state index is 12.2. The van der Waals surface area contributed by atoms with Gasteiger partial charge in [0.1, 0.15) is 0 Å². The third kappa shape index (κ3) is 4.02. The molecule has 1 aromatic rings. The van der Waals surface area contributed by atoms with E-state index < -0.39 is 0 Å². The van der Waals surface area contributed by atoms with Gasteiger partial charge in [0.25, 0.3) is 0 Å². The van der Waals surface area contributed by atoms with Gasteiger partial charge in [-0.1, -0.05) is 6.08 Å². The molecule has 0 unspecified atom stereocenters. The lowest BCUT2D eigenvalue weighted by molar-refractivity contribution is 0.156. The number of anilines is 1. The van der Waals surface area contributed by atoms with E-state index in [1.165, 1.54) is 4.90 Å². The first-order valence-corrected chi connectivity index (χ1v) is 7.98. The van der Waals surface area contributed by atoms with Gasteiger partial charge >= 0.3 is 6.03 Å². The molecule has 1 heterocycles. The lowest BCUT2D eigenvalue weighted by Gasteiger charge is -2.34. The third-order valence-corrected chi connectivity index (χ3v) is 4.13. The number of rotatable bonds is 4. The van der Waals surface area contributed by atoms with E-state index in [0.717, 1.165) is 38.4 Å². The van der Waals surface area contributed by atoms with E-state index in [9.17, 15) is 4.79 Å². The van der Waals surface area contributed by atoms with Crippen molar-refractivity contribution in [2.24, 2.45) is 0 Å². The SMILES string of the molecule is C=CCN1CCN(C(=O)Nc2ccc(SC)cc2)CC1. The average Bonchev–Trinajstić information content (AvgIpc) is 2.49. The lowest BCUT2D eigenvalue weighted by atomic mass is 10.3. The molecule has 0 aromatic heterocycles. The maximum absolute atomic E-state index is 12.2. The fraction of sp³-hybridized carbons (Fsp3) is 0.400. The molecule has 1 aliphatic heterocycles. The normalized spacial score (nSPS) is 15.9. The van der Waals surface area contributed by atoms with Gasteiger partial charge in [-0.25, -0.2) is 4.79 Å². The van der Waals surface area contributed by atoms with Gasteiger partial charge in [0.15, 0.2) is 0 Å². The molecule has 1 N–H and O–H groups in total. The Morgan fingerprint density at radius 3 is 2.50 bits per heavy atom. The third-order valence-electron chi connectivity index (χ3n) is 3.39. The summed E-state index contributed by atoms with van der Waals surface area (Å²) in [6.45, 7) is 7.99. The molecule has 2 rings (SSSR count). The average molecular weight is 291 g/mol. The van der Waals surface area contributed by atoms with Crippen molar-refractivity contribution in [3.63, 3.8) is 0 Å². The molecule has 108 valence electrons. The van der Waals surface area contributed by atoms with Gasteiger partial charge in [0.2, 0.25) is 0 Å². The molecule has 1 fully saturated rings. The summed E-state index contributed by atoms with van der Waals surface area (Å²) in [6, 6.07) is 7.90. The van der Waals surface area contributed by atoms with Crippen LogP contribution in [0.4, 0.5) is 10.5 Å². The molecular weight excluding hydrogens is 270 g/mol. The molecule has 20 heavy (non-hydrogen) atoms. The summed E-state index contributed by atoms with van der Waals surface area (Å²) in [5.74, 6) is 0. The second-order valence-electron chi connectivity index (χ2n) is 4.73. The van der Waals surface area contributed by atoms with Gasteiger partial charge in [-0.2, -0.15) is 0 Å². The van der Waals surface area contributed by atoms with Crippen LogP contribution >= 0.6 is 11.8 Å². The molecule has 0 saturated carbocycles. The van der Waals surface area contributed by atoms with Gasteiger partial charge in [0.05, 0.1) is 0 Å². The minimum Gasteiger partial charge on any atom is -0.322 e. The standard InChI is InChI=1S/C15H21N3OS/c1-3-8-17-9-11-18(12-10-17)15(19)16-13-4-6-14(20-2)7-5-13/h3-7H,1,8-12H2,2H3,(H,16,19). The predicted molar refractivity (Wildman–Crippen MR) is 85.5 cm³/mol. The summed E-state index contributed by atoms with van der Waals surface area (Å²) in [5, 5.41) is 2.95. The number of thioether (sulfide) groups is 1. The molecule has 0 radical (unpaired) electrons. The van der Waals surface area contributed by atoms with E-state index in [4.69, 9.17) is 0 Å². The minimum absolute atomic E-state index is 0.0137. The Morgan fingerprint density at radius 2 is 1.95 bits per heavy atom. The first-order chi connectivity index (χ1) is 9.72. The highest BCUT2D eigenvalue weighted by molar-refractivity contribution is 7.98. The van der Waals surface area contributed by atoms with E-state index in [0.29, 0.717) is 0 Å². The summed E-state index contributed by atoms with van der Waals surface area (Å²) in [5.41, 5.74) is 0.848. The number of urea groups is 1. The molecule has 1 saturated heterocycles. The Hall–Kier alpha value is -1.46. The molecule has 0 atom stereocenters. The number of hydrogen-bond donors (Lipinski definition) is 1. The zero-order chi connectivity index (χ0) is 14.4. The van der Waals surface area contributed by atoms with E-state index in [2.05, 4.69) is 16.8 Å². The maximum Gasteiger partial charge on any atom is 0.321 e. The van der Waals surface area contributed by atoms with E-state index in [-0.39, 0.29) is 6.03 Å². The zero-order valence-electron chi connectivity index (χ0n) is 11.8. The first-order valence-electron chi connectivity index (χ1n) is 6.76. The van der Waals surface area contributed by atoms with Crippen molar-refractivity contribution < 1.29 is 4.79 Å². The van der Waals surface area contributed by atoms with Crippen molar-refractivity contribution in [3.05, 3.63) is 36.9 Å². The van der Waals surface area contributed by atoms with Crippen molar-refractivity contribution in [2.45, 2.75) is 4.90 Å². The molecule has 1 aromatic carbocycles. The summed E-state index contributed by atoms with van der Waals surface area (Å²) in [7, 11) is 0. The summed E-state index contributed by atoms with van der Waals surface area (Å²) >= 11 is 1.69. The van der Waals surface area contributed by atoms with E-state index in [1.807, 2.05) is 41.5 Å². The van der Waals surface area contributed by atoms with Crippen molar-refractivity contribution in [3.8, 4) is 0 Å². The Labute approximate surface area is 124 Å². The van der Waals surface area contributed by atoms with Crippen LogP contribution < -0.4 is 5.32 Å². The monoisotopic (exact) mass is 291 g/mol. The molecule has 2 amide bonds. The molecule has 0 spiro atoms. The van der Waals surface area contributed by atoms with Gasteiger partial charge in [-0.05, 0) is 30.5 Å². The molecular formula is C15H21N3OS. The van der Waals surface area contributed by atoms with Crippen LogP contribution in [0.25, 0.3) is 0 Å². The van der Waals surface area contributed by atoms with Crippen LogP contribution in [0.3, 0.4) is 0 Å². The number of piperazine rings is 1. The van der Waals surface area contributed by atoms with Crippen molar-refractivity contribution in [2.75, 3.05) is 44.3 Å². The quantitative estimate of drug-likeness (QED) is 0.684. The van der Waals surface area contributed by atoms with Gasteiger partial charge in [-0.3, -0.25) is 4.90 Å². The summed E-state index contributed by atoms with van der Waals surface area (Å²) < 4.78 is 0. The number of carbonyl (C=O) groups is 1.